The second-order valence-electron chi connectivity index (χ2n) is 4.20. The molecule has 0 unspecified atom stereocenters. The van der Waals surface area contributed by atoms with Gasteiger partial charge in [-0.3, -0.25) is 4.72 Å². The molecule has 5 nitrogen and oxygen atoms in total. The fourth-order valence-electron chi connectivity index (χ4n) is 1.68. The molecular formula is C12H12F3N3O2S. The van der Waals surface area contributed by atoms with Crippen molar-refractivity contribution in [3.63, 3.8) is 0 Å². The number of halogens is 3. The van der Waals surface area contributed by atoms with Gasteiger partial charge in [-0.15, -0.1) is 0 Å². The Kier molecular flexibility index (Phi) is 3.95. The number of aryl methyl sites for hydroxylation is 1. The Hall–Kier alpha value is -2.03. The van der Waals surface area contributed by atoms with Gasteiger partial charge in [0.1, 0.15) is 5.82 Å². The molecule has 0 amide bonds. The Bertz CT molecular complexity index is 738. The lowest BCUT2D eigenvalue weighted by atomic mass is 10.2. The van der Waals surface area contributed by atoms with Crippen molar-refractivity contribution in [2.45, 2.75) is 24.5 Å². The summed E-state index contributed by atoms with van der Waals surface area (Å²) in [5.74, 6) is 0.430. The van der Waals surface area contributed by atoms with Crippen LogP contribution in [0.1, 0.15) is 18.3 Å². The number of aromatic amines is 1. The molecule has 2 rings (SSSR count). The van der Waals surface area contributed by atoms with E-state index >= 15 is 0 Å². The van der Waals surface area contributed by atoms with E-state index in [4.69, 9.17) is 0 Å². The first-order valence-electron chi connectivity index (χ1n) is 5.97. The van der Waals surface area contributed by atoms with Gasteiger partial charge < -0.3 is 4.98 Å². The van der Waals surface area contributed by atoms with Gasteiger partial charge in [-0.25, -0.2) is 4.98 Å². The van der Waals surface area contributed by atoms with Crippen molar-refractivity contribution in [1.82, 2.24) is 9.97 Å². The third kappa shape index (κ3) is 3.35. The molecule has 9 heteroatoms. The van der Waals surface area contributed by atoms with Crippen LogP contribution >= 0.6 is 0 Å². The van der Waals surface area contributed by atoms with Crippen LogP contribution in [-0.4, -0.2) is 18.4 Å². The summed E-state index contributed by atoms with van der Waals surface area (Å²) in [5.41, 5.74) is -1.58. The molecule has 0 spiro atoms. The minimum absolute atomic E-state index is 0.281. The van der Waals surface area contributed by atoms with Crippen LogP contribution in [0, 0.1) is 0 Å². The monoisotopic (exact) mass is 319 g/mol. The Morgan fingerprint density at radius 3 is 2.52 bits per heavy atom. The number of alkyl halides is 3. The predicted molar refractivity (Wildman–Crippen MR) is 70.2 cm³/mol. The van der Waals surface area contributed by atoms with Crippen molar-refractivity contribution in [2.24, 2.45) is 0 Å². The Balaban J connectivity index is 2.38. The zero-order valence-electron chi connectivity index (χ0n) is 10.9. The summed E-state index contributed by atoms with van der Waals surface area (Å²) < 4.78 is 64.5. The Labute approximate surface area is 119 Å². The van der Waals surface area contributed by atoms with Gasteiger partial charge in [0.2, 0.25) is 0 Å². The fourth-order valence-corrected chi connectivity index (χ4v) is 2.70. The summed E-state index contributed by atoms with van der Waals surface area (Å²) in [5, 5.41) is -0.281. The Morgan fingerprint density at radius 2 is 1.95 bits per heavy atom. The molecule has 2 N–H and O–H groups in total. The summed E-state index contributed by atoms with van der Waals surface area (Å²) in [6.45, 7) is 1.77. The van der Waals surface area contributed by atoms with E-state index in [1.807, 2.05) is 4.72 Å². The second kappa shape index (κ2) is 5.40. The van der Waals surface area contributed by atoms with Gasteiger partial charge >= 0.3 is 6.18 Å². The van der Waals surface area contributed by atoms with Gasteiger partial charge in [-0.05, 0) is 12.1 Å². The summed E-state index contributed by atoms with van der Waals surface area (Å²) in [4.78, 5) is 6.36. The van der Waals surface area contributed by atoms with Crippen molar-refractivity contribution in [3.05, 3.63) is 41.9 Å². The molecule has 0 atom stereocenters. The van der Waals surface area contributed by atoms with Gasteiger partial charge in [0, 0.05) is 6.42 Å². The summed E-state index contributed by atoms with van der Waals surface area (Å²) in [6.07, 6.45) is -3.10. The van der Waals surface area contributed by atoms with Gasteiger partial charge in [0.25, 0.3) is 10.0 Å². The van der Waals surface area contributed by atoms with Crippen molar-refractivity contribution in [3.8, 4) is 0 Å². The number of hydrogen-bond donors (Lipinski definition) is 2. The third-order valence-electron chi connectivity index (χ3n) is 2.71. The highest BCUT2D eigenvalue weighted by Crippen LogP contribution is 2.35. The normalized spacial score (nSPS) is 12.4. The van der Waals surface area contributed by atoms with Crippen LogP contribution < -0.4 is 4.72 Å². The number of sulfonamides is 1. The highest BCUT2D eigenvalue weighted by atomic mass is 32.2. The van der Waals surface area contributed by atoms with Crippen LogP contribution in [0.2, 0.25) is 0 Å². The number of aromatic nitrogens is 2. The summed E-state index contributed by atoms with van der Waals surface area (Å²) in [6, 6.07) is 4.36. The maximum atomic E-state index is 12.8. The highest BCUT2D eigenvalue weighted by Gasteiger charge is 2.34. The molecule has 0 aliphatic carbocycles. The van der Waals surface area contributed by atoms with Crippen LogP contribution in [0.3, 0.4) is 0 Å². The summed E-state index contributed by atoms with van der Waals surface area (Å²) in [7, 11) is -4.15. The molecular weight excluding hydrogens is 307 g/mol. The number of nitrogens with one attached hydrogen (secondary N) is 2. The number of benzene rings is 1. The van der Waals surface area contributed by atoms with Gasteiger partial charge in [0.05, 0.1) is 17.4 Å². The van der Waals surface area contributed by atoms with E-state index in [1.165, 1.54) is 12.1 Å². The van der Waals surface area contributed by atoms with E-state index in [1.54, 1.807) is 6.92 Å². The molecule has 1 heterocycles. The van der Waals surface area contributed by atoms with Gasteiger partial charge in [-0.1, -0.05) is 19.1 Å². The number of imidazole rings is 1. The first-order chi connectivity index (χ1) is 9.74. The van der Waals surface area contributed by atoms with Crippen molar-refractivity contribution >= 4 is 15.7 Å². The van der Waals surface area contributed by atoms with E-state index in [0.717, 1.165) is 18.3 Å². The summed E-state index contributed by atoms with van der Waals surface area (Å²) >= 11 is 0. The minimum Gasteiger partial charge on any atom is -0.332 e. The number of H-pyrrole nitrogens is 1. The maximum absolute atomic E-state index is 12.8. The SMILES string of the molecule is CCc1ncc(S(=O)(=O)Nc2ccccc2C(F)(F)F)[nH]1. The number of para-hydroxylation sites is 1. The largest absolute Gasteiger partial charge is 0.418 e. The topological polar surface area (TPSA) is 74.8 Å². The van der Waals surface area contributed by atoms with Crippen LogP contribution in [0.25, 0.3) is 0 Å². The molecule has 1 aromatic heterocycles. The standard InChI is InChI=1S/C12H12F3N3O2S/c1-2-10-16-7-11(17-10)21(19,20)18-9-6-4-3-5-8(9)12(13,14)15/h3-7,18H,2H2,1H3,(H,16,17). The van der Waals surface area contributed by atoms with E-state index in [2.05, 4.69) is 9.97 Å². The molecule has 0 saturated carbocycles. The lowest BCUT2D eigenvalue weighted by Gasteiger charge is -2.13. The molecule has 0 fully saturated rings. The zero-order chi connectivity index (χ0) is 15.7. The molecule has 2 aromatic rings. The van der Waals surface area contributed by atoms with E-state index in [0.29, 0.717) is 12.2 Å². The van der Waals surface area contributed by atoms with Gasteiger partial charge in [-0.2, -0.15) is 21.6 Å². The molecule has 0 radical (unpaired) electrons. The molecule has 0 aliphatic rings. The average Bonchev–Trinajstić information content (AvgIpc) is 2.87. The smallest absolute Gasteiger partial charge is 0.332 e. The second-order valence-corrected chi connectivity index (χ2v) is 5.85. The van der Waals surface area contributed by atoms with Crippen molar-refractivity contribution in [2.75, 3.05) is 4.72 Å². The van der Waals surface area contributed by atoms with E-state index in [9.17, 15) is 21.6 Å². The lowest BCUT2D eigenvalue weighted by Crippen LogP contribution is -2.17. The van der Waals surface area contributed by atoms with Gasteiger partial charge in [0.15, 0.2) is 5.03 Å². The molecule has 114 valence electrons. The van der Waals surface area contributed by atoms with Crippen molar-refractivity contribution in [1.29, 1.82) is 0 Å². The highest BCUT2D eigenvalue weighted by molar-refractivity contribution is 7.92. The number of anilines is 1. The lowest BCUT2D eigenvalue weighted by molar-refractivity contribution is -0.136. The molecule has 0 saturated heterocycles. The minimum atomic E-state index is -4.65. The maximum Gasteiger partial charge on any atom is 0.418 e. The van der Waals surface area contributed by atoms with Crippen LogP contribution in [0.15, 0.2) is 35.5 Å². The van der Waals surface area contributed by atoms with E-state index < -0.39 is 27.5 Å². The number of hydrogen-bond acceptors (Lipinski definition) is 3. The quantitative estimate of drug-likeness (QED) is 0.910. The van der Waals surface area contributed by atoms with Crippen LogP contribution in [0.4, 0.5) is 18.9 Å². The van der Waals surface area contributed by atoms with Crippen LogP contribution in [-0.2, 0) is 22.6 Å². The Morgan fingerprint density at radius 1 is 1.29 bits per heavy atom. The molecule has 0 aliphatic heterocycles. The molecule has 1 aromatic carbocycles. The molecule has 0 bridgehead atoms. The molecule has 21 heavy (non-hydrogen) atoms. The average molecular weight is 319 g/mol. The zero-order valence-corrected chi connectivity index (χ0v) is 11.7. The first-order valence-corrected chi connectivity index (χ1v) is 7.45. The predicted octanol–water partition coefficient (Wildman–Crippen LogP) is 2.79. The van der Waals surface area contributed by atoms with Crippen LogP contribution in [0.5, 0.6) is 0 Å². The first kappa shape index (κ1) is 15.4. The third-order valence-corrected chi connectivity index (χ3v) is 3.98. The number of rotatable bonds is 4. The van der Waals surface area contributed by atoms with E-state index in [-0.39, 0.29) is 5.03 Å². The number of nitrogens with zero attached hydrogens (tertiary/aromatic N) is 1. The van der Waals surface area contributed by atoms with Crippen molar-refractivity contribution < 1.29 is 21.6 Å². The fraction of sp³-hybridized carbons (Fsp3) is 0.250.